The van der Waals surface area contributed by atoms with E-state index in [1.807, 2.05) is 30.3 Å². The quantitative estimate of drug-likeness (QED) is 0.777. The molecule has 0 N–H and O–H groups in total. The fourth-order valence-electron chi connectivity index (χ4n) is 3.12. The first-order valence-electron chi connectivity index (χ1n) is 7.80. The molecule has 0 aliphatic carbocycles. The average Bonchev–Trinajstić information content (AvgIpc) is 2.74. The molecule has 1 aliphatic rings. The monoisotopic (exact) mass is 301 g/mol. The first-order chi connectivity index (χ1) is 10.5. The molecule has 1 heterocycles. The van der Waals surface area contributed by atoms with Gasteiger partial charge in [0.15, 0.2) is 0 Å². The fourth-order valence-corrected chi connectivity index (χ4v) is 3.12. The fraction of sp³-hybridized carbons (Fsp3) is 0.500. The minimum Gasteiger partial charge on any atom is -0.332 e. The predicted octanol–water partition coefficient (Wildman–Crippen LogP) is 2.40. The van der Waals surface area contributed by atoms with Crippen molar-refractivity contribution in [2.75, 3.05) is 6.54 Å². The second-order valence-corrected chi connectivity index (χ2v) is 6.19. The molecule has 2 rings (SSSR count). The summed E-state index contributed by atoms with van der Waals surface area (Å²) in [4.78, 5) is 36.9. The lowest BCUT2D eigenvalue weighted by molar-refractivity contribution is -0.135. The van der Waals surface area contributed by atoms with Crippen LogP contribution in [0.5, 0.6) is 0 Å². The summed E-state index contributed by atoms with van der Waals surface area (Å²) in [6.07, 6.45) is 2.51. The average molecular weight is 301 g/mol. The summed E-state index contributed by atoms with van der Waals surface area (Å²) in [6.45, 7) is 3.23. The maximum absolute atomic E-state index is 12.5. The van der Waals surface area contributed by atoms with Gasteiger partial charge in [-0.3, -0.25) is 9.59 Å². The van der Waals surface area contributed by atoms with E-state index in [4.69, 9.17) is 0 Å². The molecular weight excluding hydrogens is 278 g/mol. The molecule has 0 aromatic heterocycles. The second-order valence-electron chi connectivity index (χ2n) is 6.19. The molecule has 2 atom stereocenters. The number of Topliss-reactive ketones (excluding diaryl/α,β-unsaturated/α-hetero) is 2. The summed E-state index contributed by atoms with van der Waals surface area (Å²) in [5.41, 5.74) is 1.17. The van der Waals surface area contributed by atoms with Crippen molar-refractivity contribution in [2.24, 2.45) is 5.92 Å². The van der Waals surface area contributed by atoms with Crippen LogP contribution in [0.1, 0.15) is 38.7 Å². The smallest absolute Gasteiger partial charge is 0.226 e. The van der Waals surface area contributed by atoms with E-state index in [2.05, 4.69) is 0 Å². The van der Waals surface area contributed by atoms with Crippen molar-refractivity contribution in [1.82, 2.24) is 4.90 Å². The van der Waals surface area contributed by atoms with Crippen LogP contribution in [-0.4, -0.2) is 35.0 Å². The minimum absolute atomic E-state index is 0.00127. The van der Waals surface area contributed by atoms with E-state index in [0.717, 1.165) is 12.8 Å². The number of rotatable bonds is 7. The van der Waals surface area contributed by atoms with Gasteiger partial charge < -0.3 is 9.69 Å². The standard InChI is InChI=1S/C18H23NO3/c1-13(20)8-9-16-11-17(10-15-6-4-3-5-7-15)19(18(16)22)12-14(2)21/h3-7,16-17H,8-12H2,1-2H3. The number of amides is 1. The largest absolute Gasteiger partial charge is 0.332 e. The summed E-state index contributed by atoms with van der Waals surface area (Å²) in [6, 6.07) is 10.1. The van der Waals surface area contributed by atoms with Crippen LogP contribution in [0.2, 0.25) is 0 Å². The summed E-state index contributed by atoms with van der Waals surface area (Å²) >= 11 is 0. The van der Waals surface area contributed by atoms with Crippen molar-refractivity contribution in [1.29, 1.82) is 0 Å². The molecule has 1 saturated heterocycles. The first-order valence-corrected chi connectivity index (χ1v) is 7.80. The molecule has 1 aromatic carbocycles. The Hall–Kier alpha value is -1.97. The molecule has 0 spiro atoms. The molecule has 0 saturated carbocycles. The minimum atomic E-state index is -0.128. The number of hydrogen-bond acceptors (Lipinski definition) is 3. The van der Waals surface area contributed by atoms with Gasteiger partial charge in [-0.1, -0.05) is 30.3 Å². The molecule has 1 aliphatic heterocycles. The third kappa shape index (κ3) is 4.26. The Morgan fingerprint density at radius 2 is 1.82 bits per heavy atom. The van der Waals surface area contributed by atoms with E-state index in [1.54, 1.807) is 11.8 Å². The van der Waals surface area contributed by atoms with Gasteiger partial charge in [-0.2, -0.15) is 0 Å². The van der Waals surface area contributed by atoms with Gasteiger partial charge in [-0.15, -0.1) is 0 Å². The highest BCUT2D eigenvalue weighted by Crippen LogP contribution is 2.30. The topological polar surface area (TPSA) is 54.5 Å². The van der Waals surface area contributed by atoms with Gasteiger partial charge >= 0.3 is 0 Å². The highest BCUT2D eigenvalue weighted by Gasteiger charge is 2.39. The van der Waals surface area contributed by atoms with Crippen LogP contribution in [-0.2, 0) is 20.8 Å². The maximum atomic E-state index is 12.5. The molecule has 4 nitrogen and oxygen atoms in total. The molecular formula is C18H23NO3. The van der Waals surface area contributed by atoms with Crippen molar-refractivity contribution < 1.29 is 14.4 Å². The molecule has 22 heavy (non-hydrogen) atoms. The van der Waals surface area contributed by atoms with Gasteiger partial charge in [-0.25, -0.2) is 0 Å². The lowest BCUT2D eigenvalue weighted by atomic mass is 9.95. The van der Waals surface area contributed by atoms with Crippen LogP contribution in [0.15, 0.2) is 30.3 Å². The van der Waals surface area contributed by atoms with Crippen LogP contribution in [0.4, 0.5) is 0 Å². The summed E-state index contributed by atoms with van der Waals surface area (Å²) in [7, 11) is 0. The normalized spacial score (nSPS) is 21.2. The third-order valence-corrected chi connectivity index (χ3v) is 4.18. The number of hydrogen-bond donors (Lipinski definition) is 0. The van der Waals surface area contributed by atoms with E-state index in [-0.39, 0.29) is 36.0 Å². The molecule has 1 amide bonds. The van der Waals surface area contributed by atoms with Crippen LogP contribution >= 0.6 is 0 Å². The molecule has 0 bridgehead atoms. The molecule has 4 heteroatoms. The van der Waals surface area contributed by atoms with Gasteiger partial charge in [0.2, 0.25) is 5.91 Å². The lowest BCUT2D eigenvalue weighted by Crippen LogP contribution is -2.38. The Kier molecular flexibility index (Phi) is 5.47. The van der Waals surface area contributed by atoms with E-state index < -0.39 is 0 Å². The van der Waals surface area contributed by atoms with Gasteiger partial charge in [-0.05, 0) is 38.7 Å². The van der Waals surface area contributed by atoms with Crippen molar-refractivity contribution in [2.45, 2.75) is 45.6 Å². The number of likely N-dealkylation sites (tertiary alicyclic amines) is 1. The van der Waals surface area contributed by atoms with E-state index in [9.17, 15) is 14.4 Å². The maximum Gasteiger partial charge on any atom is 0.226 e. The summed E-state index contributed by atoms with van der Waals surface area (Å²) < 4.78 is 0. The zero-order chi connectivity index (χ0) is 16.1. The highest BCUT2D eigenvalue weighted by atomic mass is 16.2. The Bertz CT molecular complexity index is 553. The van der Waals surface area contributed by atoms with Crippen molar-refractivity contribution in [3.8, 4) is 0 Å². The molecule has 0 radical (unpaired) electrons. The number of benzene rings is 1. The zero-order valence-corrected chi connectivity index (χ0v) is 13.2. The Morgan fingerprint density at radius 1 is 1.14 bits per heavy atom. The number of ketones is 2. The van der Waals surface area contributed by atoms with Gasteiger partial charge in [0.1, 0.15) is 11.6 Å². The van der Waals surface area contributed by atoms with E-state index >= 15 is 0 Å². The van der Waals surface area contributed by atoms with Crippen molar-refractivity contribution in [3.63, 3.8) is 0 Å². The molecule has 1 fully saturated rings. The number of carbonyl (C=O) groups excluding carboxylic acids is 3. The van der Waals surface area contributed by atoms with Crippen LogP contribution in [0.25, 0.3) is 0 Å². The Labute approximate surface area is 131 Å². The molecule has 2 unspecified atom stereocenters. The van der Waals surface area contributed by atoms with Crippen LogP contribution in [0, 0.1) is 5.92 Å². The number of carbonyl (C=O) groups is 3. The number of nitrogens with zero attached hydrogens (tertiary/aromatic N) is 1. The third-order valence-electron chi connectivity index (χ3n) is 4.18. The van der Waals surface area contributed by atoms with E-state index in [0.29, 0.717) is 12.8 Å². The van der Waals surface area contributed by atoms with Gasteiger partial charge in [0.05, 0.1) is 6.54 Å². The van der Waals surface area contributed by atoms with Gasteiger partial charge in [0.25, 0.3) is 0 Å². The molecule has 118 valence electrons. The second kappa shape index (κ2) is 7.34. The van der Waals surface area contributed by atoms with Crippen molar-refractivity contribution >= 4 is 17.5 Å². The molecule has 1 aromatic rings. The van der Waals surface area contributed by atoms with Crippen LogP contribution < -0.4 is 0 Å². The Balaban J connectivity index is 2.09. The Morgan fingerprint density at radius 3 is 2.41 bits per heavy atom. The summed E-state index contributed by atoms with van der Waals surface area (Å²) in [5, 5.41) is 0. The SMILES string of the molecule is CC(=O)CCC1CC(Cc2ccccc2)N(CC(C)=O)C1=O. The summed E-state index contributed by atoms with van der Waals surface area (Å²) in [5.74, 6) is 0.00500. The predicted molar refractivity (Wildman–Crippen MR) is 84.4 cm³/mol. The first kappa shape index (κ1) is 16.4. The van der Waals surface area contributed by atoms with E-state index in [1.165, 1.54) is 12.5 Å². The van der Waals surface area contributed by atoms with Crippen LogP contribution in [0.3, 0.4) is 0 Å². The lowest BCUT2D eigenvalue weighted by Gasteiger charge is -2.23. The van der Waals surface area contributed by atoms with Crippen molar-refractivity contribution in [3.05, 3.63) is 35.9 Å². The highest BCUT2D eigenvalue weighted by molar-refractivity contribution is 5.88. The zero-order valence-electron chi connectivity index (χ0n) is 13.2. The van der Waals surface area contributed by atoms with Gasteiger partial charge in [0, 0.05) is 18.4 Å².